The van der Waals surface area contributed by atoms with Crippen molar-refractivity contribution in [1.29, 1.82) is 0 Å². The van der Waals surface area contributed by atoms with Gasteiger partial charge < -0.3 is 0 Å². The number of nitrogens with one attached hydrogen (secondary N) is 1. The van der Waals surface area contributed by atoms with E-state index in [0.717, 1.165) is 30.4 Å². The lowest BCUT2D eigenvalue weighted by Gasteiger charge is -2.40. The molecule has 1 aliphatic carbocycles. The normalized spacial score (nSPS) is 18.4. The van der Waals surface area contributed by atoms with Crippen LogP contribution in [-0.4, -0.2) is 19.3 Å². The highest BCUT2D eigenvalue weighted by Gasteiger charge is 2.39. The fraction of sp³-hybridized carbons (Fsp3) is 0.538. The molecule has 0 amide bonds. The summed E-state index contributed by atoms with van der Waals surface area (Å²) in [6, 6.07) is 5.26. The van der Waals surface area contributed by atoms with Crippen LogP contribution in [0.15, 0.2) is 23.1 Å². The van der Waals surface area contributed by atoms with Crippen LogP contribution in [0.1, 0.15) is 30.4 Å². The van der Waals surface area contributed by atoms with Gasteiger partial charge in [0.05, 0.1) is 4.90 Å². The molecule has 0 heterocycles. The molecule has 1 saturated carbocycles. The van der Waals surface area contributed by atoms with Gasteiger partial charge in [-0.15, -0.1) is 0 Å². The minimum Gasteiger partial charge on any atom is -0.207 e. The lowest BCUT2D eigenvalue weighted by atomic mass is 9.80. The Balaban J connectivity index is 2.28. The maximum absolute atomic E-state index is 12.3. The average molecular weight is 332 g/mol. The van der Waals surface area contributed by atoms with Gasteiger partial charge in [-0.05, 0) is 56.4 Å². The third-order valence-electron chi connectivity index (χ3n) is 3.71. The molecule has 2 rings (SSSR count). The maximum Gasteiger partial charge on any atom is 0.241 e. The van der Waals surface area contributed by atoms with E-state index < -0.39 is 10.0 Å². The molecule has 1 N–H and O–H groups in total. The lowest BCUT2D eigenvalue weighted by Crippen LogP contribution is -2.54. The van der Waals surface area contributed by atoms with Crippen molar-refractivity contribution in [2.75, 3.05) is 5.33 Å². The summed E-state index contributed by atoms with van der Waals surface area (Å²) in [5.41, 5.74) is 1.82. The molecule has 1 aromatic rings. The Morgan fingerprint density at radius 3 is 2.39 bits per heavy atom. The van der Waals surface area contributed by atoms with Crippen molar-refractivity contribution in [2.24, 2.45) is 0 Å². The van der Waals surface area contributed by atoms with Gasteiger partial charge in [-0.25, -0.2) is 13.1 Å². The van der Waals surface area contributed by atoms with E-state index in [4.69, 9.17) is 0 Å². The van der Waals surface area contributed by atoms with E-state index in [0.29, 0.717) is 10.2 Å². The quantitative estimate of drug-likeness (QED) is 0.862. The van der Waals surface area contributed by atoms with Crippen LogP contribution in [0.25, 0.3) is 0 Å². The topological polar surface area (TPSA) is 46.2 Å². The van der Waals surface area contributed by atoms with Gasteiger partial charge in [-0.2, -0.15) is 0 Å². The Hall–Kier alpha value is -0.390. The highest BCUT2D eigenvalue weighted by molar-refractivity contribution is 9.09. The van der Waals surface area contributed by atoms with Crippen molar-refractivity contribution in [3.05, 3.63) is 29.3 Å². The van der Waals surface area contributed by atoms with Crippen molar-refractivity contribution in [3.63, 3.8) is 0 Å². The zero-order valence-electron chi connectivity index (χ0n) is 10.7. The number of benzene rings is 1. The maximum atomic E-state index is 12.3. The van der Waals surface area contributed by atoms with Crippen LogP contribution < -0.4 is 4.72 Å². The second-order valence-corrected chi connectivity index (χ2v) is 7.36. The molecular weight excluding hydrogens is 314 g/mol. The van der Waals surface area contributed by atoms with E-state index in [1.165, 1.54) is 0 Å². The number of rotatable bonds is 4. The molecule has 5 heteroatoms. The summed E-state index contributed by atoms with van der Waals surface area (Å²) in [5, 5.41) is 0.671. The molecule has 0 bridgehead atoms. The van der Waals surface area contributed by atoms with E-state index in [1.807, 2.05) is 19.9 Å². The predicted molar refractivity (Wildman–Crippen MR) is 76.6 cm³/mol. The standard InChI is InChI=1S/C13H18BrNO2S/c1-10-4-5-12(8-11(10)2)18(16,17)15-13(9-14)6-3-7-13/h4-5,8,15H,3,6-7,9H2,1-2H3. The number of hydrogen-bond donors (Lipinski definition) is 1. The van der Waals surface area contributed by atoms with E-state index in [2.05, 4.69) is 20.7 Å². The monoisotopic (exact) mass is 331 g/mol. The Kier molecular flexibility index (Phi) is 3.85. The summed E-state index contributed by atoms with van der Waals surface area (Å²) in [4.78, 5) is 0.359. The zero-order valence-corrected chi connectivity index (χ0v) is 13.1. The molecular formula is C13H18BrNO2S. The van der Waals surface area contributed by atoms with E-state index >= 15 is 0 Å². The van der Waals surface area contributed by atoms with Crippen molar-refractivity contribution < 1.29 is 8.42 Å². The van der Waals surface area contributed by atoms with Gasteiger partial charge in [0.1, 0.15) is 0 Å². The number of aryl methyl sites for hydroxylation is 2. The SMILES string of the molecule is Cc1ccc(S(=O)(=O)NC2(CBr)CCC2)cc1C. The Bertz CT molecular complexity index is 545. The van der Waals surface area contributed by atoms with Gasteiger partial charge in [-0.1, -0.05) is 22.0 Å². The molecule has 100 valence electrons. The first-order valence-corrected chi connectivity index (χ1v) is 8.66. The van der Waals surface area contributed by atoms with Crippen molar-refractivity contribution in [2.45, 2.75) is 43.5 Å². The van der Waals surface area contributed by atoms with Crippen LogP contribution in [0.2, 0.25) is 0 Å². The largest absolute Gasteiger partial charge is 0.241 e. The van der Waals surface area contributed by atoms with Crippen molar-refractivity contribution in [1.82, 2.24) is 4.72 Å². The number of hydrogen-bond acceptors (Lipinski definition) is 2. The molecule has 1 aliphatic rings. The summed E-state index contributed by atoms with van der Waals surface area (Å²) in [7, 11) is -3.41. The highest BCUT2D eigenvalue weighted by atomic mass is 79.9. The first kappa shape index (κ1) is 14.0. The summed E-state index contributed by atoms with van der Waals surface area (Å²) < 4.78 is 27.5. The summed E-state index contributed by atoms with van der Waals surface area (Å²) >= 11 is 3.41. The minimum atomic E-state index is -3.41. The second-order valence-electron chi connectivity index (χ2n) is 5.12. The molecule has 0 aliphatic heterocycles. The van der Waals surface area contributed by atoms with Crippen LogP contribution in [0.5, 0.6) is 0 Å². The first-order valence-electron chi connectivity index (χ1n) is 6.06. The van der Waals surface area contributed by atoms with Crippen LogP contribution in [-0.2, 0) is 10.0 Å². The van der Waals surface area contributed by atoms with Crippen LogP contribution >= 0.6 is 15.9 Å². The summed E-state index contributed by atoms with van der Waals surface area (Å²) in [6.07, 6.45) is 2.89. The molecule has 18 heavy (non-hydrogen) atoms. The van der Waals surface area contributed by atoms with Gasteiger partial charge in [0, 0.05) is 10.9 Å². The predicted octanol–water partition coefficient (Wildman–Crippen LogP) is 2.90. The Morgan fingerprint density at radius 2 is 1.94 bits per heavy atom. The summed E-state index contributed by atoms with van der Waals surface area (Å²) in [6.45, 7) is 3.91. The summed E-state index contributed by atoms with van der Waals surface area (Å²) in [5.74, 6) is 0. The van der Waals surface area contributed by atoms with E-state index in [9.17, 15) is 8.42 Å². The molecule has 0 radical (unpaired) electrons. The van der Waals surface area contributed by atoms with Gasteiger partial charge in [0.15, 0.2) is 0 Å². The van der Waals surface area contributed by atoms with Gasteiger partial charge in [0.2, 0.25) is 10.0 Å². The smallest absolute Gasteiger partial charge is 0.207 e. The van der Waals surface area contributed by atoms with Gasteiger partial charge in [0.25, 0.3) is 0 Å². The molecule has 0 spiro atoms. The van der Waals surface area contributed by atoms with Crippen molar-refractivity contribution >= 4 is 26.0 Å². The van der Waals surface area contributed by atoms with Crippen LogP contribution in [0, 0.1) is 13.8 Å². The first-order chi connectivity index (χ1) is 8.38. The minimum absolute atomic E-state index is 0.280. The van der Waals surface area contributed by atoms with E-state index in [-0.39, 0.29) is 5.54 Å². The molecule has 1 aromatic carbocycles. The highest BCUT2D eigenvalue weighted by Crippen LogP contribution is 2.35. The third kappa shape index (κ3) is 2.63. The zero-order chi connectivity index (χ0) is 13.4. The second kappa shape index (κ2) is 4.94. The lowest BCUT2D eigenvalue weighted by molar-refractivity contribution is 0.256. The van der Waals surface area contributed by atoms with Crippen LogP contribution in [0.3, 0.4) is 0 Å². The fourth-order valence-electron chi connectivity index (χ4n) is 2.09. The van der Waals surface area contributed by atoms with Crippen LogP contribution in [0.4, 0.5) is 0 Å². The fourth-order valence-corrected chi connectivity index (χ4v) is 4.52. The molecule has 3 nitrogen and oxygen atoms in total. The van der Waals surface area contributed by atoms with Gasteiger partial charge >= 0.3 is 0 Å². The molecule has 0 unspecified atom stereocenters. The number of alkyl halides is 1. The molecule has 0 saturated heterocycles. The number of sulfonamides is 1. The Labute approximate surface area is 117 Å². The van der Waals surface area contributed by atoms with Crippen molar-refractivity contribution in [3.8, 4) is 0 Å². The molecule has 0 aromatic heterocycles. The Morgan fingerprint density at radius 1 is 1.28 bits per heavy atom. The number of halogens is 1. The third-order valence-corrected chi connectivity index (χ3v) is 6.36. The average Bonchev–Trinajstić information content (AvgIpc) is 2.27. The van der Waals surface area contributed by atoms with Gasteiger partial charge in [-0.3, -0.25) is 0 Å². The molecule has 1 fully saturated rings. The van der Waals surface area contributed by atoms with E-state index in [1.54, 1.807) is 12.1 Å². The molecule has 0 atom stereocenters.